The molecule has 0 unspecified atom stereocenters. The van der Waals surface area contributed by atoms with Crippen LogP contribution in [0.15, 0.2) is 48.5 Å². The van der Waals surface area contributed by atoms with Gasteiger partial charge in [-0.1, -0.05) is 55.8 Å². The number of carbonyl (C=O) groups is 2. The highest BCUT2D eigenvalue weighted by atomic mass is 35.5. The zero-order valence-corrected chi connectivity index (χ0v) is 17.8. The summed E-state index contributed by atoms with van der Waals surface area (Å²) in [7, 11) is 0. The standard InChI is InChI=1S/C24H24ClN3O2/c1-14(2)12-27-13-21(29)28-20(24(27)30)11-18-17-5-3-4-6-19(17)26-22(18)23(28)15-7-9-16(25)10-8-15/h3-10,14,20,23,26H,11-13H2,1-2H3/t20-,23+/m1/s1. The Labute approximate surface area is 180 Å². The normalized spacial score (nSPS) is 21.3. The number of aromatic nitrogens is 1. The zero-order chi connectivity index (χ0) is 21.0. The Balaban J connectivity index is 1.68. The van der Waals surface area contributed by atoms with Gasteiger partial charge in [0.2, 0.25) is 11.8 Å². The van der Waals surface area contributed by atoms with E-state index >= 15 is 0 Å². The van der Waals surface area contributed by atoms with Crippen LogP contribution in [0.1, 0.15) is 36.7 Å². The van der Waals surface area contributed by atoms with Gasteiger partial charge in [0.25, 0.3) is 0 Å². The number of H-pyrrole nitrogens is 1. The van der Waals surface area contributed by atoms with Gasteiger partial charge in [0.15, 0.2) is 0 Å². The Hall–Kier alpha value is -2.79. The molecule has 2 amide bonds. The van der Waals surface area contributed by atoms with Crippen LogP contribution < -0.4 is 0 Å². The molecule has 5 nitrogen and oxygen atoms in total. The molecule has 2 aliphatic heterocycles. The highest BCUT2D eigenvalue weighted by molar-refractivity contribution is 6.30. The van der Waals surface area contributed by atoms with Crippen LogP contribution in [0.25, 0.3) is 10.9 Å². The number of halogens is 1. The lowest BCUT2D eigenvalue weighted by molar-refractivity contribution is -0.159. The SMILES string of the molecule is CC(C)CN1CC(=O)N2[C@@H](c3ccc(Cl)cc3)c3[nH]c4ccccc4c3C[C@@H]2C1=O. The molecule has 2 atom stereocenters. The monoisotopic (exact) mass is 421 g/mol. The second kappa shape index (κ2) is 7.17. The Morgan fingerprint density at radius 3 is 2.57 bits per heavy atom. The van der Waals surface area contributed by atoms with E-state index in [-0.39, 0.29) is 24.4 Å². The largest absolute Gasteiger partial charge is 0.356 e. The molecule has 0 bridgehead atoms. The maximum atomic E-state index is 13.4. The van der Waals surface area contributed by atoms with Crippen molar-refractivity contribution in [2.75, 3.05) is 13.1 Å². The number of rotatable bonds is 3. The molecular formula is C24H24ClN3O2. The highest BCUT2D eigenvalue weighted by Gasteiger charge is 2.48. The first-order valence-electron chi connectivity index (χ1n) is 10.4. The first kappa shape index (κ1) is 19.2. The number of carbonyl (C=O) groups excluding carboxylic acids is 2. The van der Waals surface area contributed by atoms with Crippen LogP contribution in [-0.2, 0) is 16.0 Å². The number of benzene rings is 2. The second-order valence-corrected chi connectivity index (χ2v) is 9.09. The predicted octanol–water partition coefficient (Wildman–Crippen LogP) is 4.16. The van der Waals surface area contributed by atoms with Crippen LogP contribution in [0, 0.1) is 5.92 Å². The third kappa shape index (κ3) is 3.00. The predicted molar refractivity (Wildman–Crippen MR) is 117 cm³/mol. The number of piperazine rings is 1. The van der Waals surface area contributed by atoms with Gasteiger partial charge in [0, 0.05) is 34.6 Å². The summed E-state index contributed by atoms with van der Waals surface area (Å²) in [6.45, 7) is 4.87. The van der Waals surface area contributed by atoms with Crippen LogP contribution in [0.5, 0.6) is 0 Å². The van der Waals surface area contributed by atoms with Crippen molar-refractivity contribution in [2.24, 2.45) is 5.92 Å². The first-order chi connectivity index (χ1) is 14.4. The summed E-state index contributed by atoms with van der Waals surface area (Å²) in [6.07, 6.45) is 0.530. The summed E-state index contributed by atoms with van der Waals surface area (Å²) in [5.74, 6) is 0.343. The summed E-state index contributed by atoms with van der Waals surface area (Å²) in [4.78, 5) is 33.8. The molecule has 30 heavy (non-hydrogen) atoms. The third-order valence-electron chi connectivity index (χ3n) is 6.11. The van der Waals surface area contributed by atoms with Gasteiger partial charge < -0.3 is 14.8 Å². The van der Waals surface area contributed by atoms with E-state index in [1.54, 1.807) is 9.80 Å². The lowest BCUT2D eigenvalue weighted by Crippen LogP contribution is -2.63. The maximum absolute atomic E-state index is 13.4. The number of nitrogens with zero attached hydrogens (tertiary/aromatic N) is 2. The number of nitrogens with one attached hydrogen (secondary N) is 1. The van der Waals surface area contributed by atoms with E-state index < -0.39 is 6.04 Å². The Bertz CT molecular complexity index is 1140. The third-order valence-corrected chi connectivity index (χ3v) is 6.37. The van der Waals surface area contributed by atoms with E-state index in [0.29, 0.717) is 23.9 Å². The molecule has 0 saturated carbocycles. The summed E-state index contributed by atoms with van der Waals surface area (Å²) < 4.78 is 0. The number of para-hydroxylation sites is 1. The van der Waals surface area contributed by atoms with Crippen LogP contribution in [0.4, 0.5) is 0 Å². The molecule has 0 radical (unpaired) electrons. The maximum Gasteiger partial charge on any atom is 0.246 e. The quantitative estimate of drug-likeness (QED) is 0.690. The van der Waals surface area contributed by atoms with Crippen molar-refractivity contribution in [3.63, 3.8) is 0 Å². The molecule has 154 valence electrons. The van der Waals surface area contributed by atoms with E-state index in [4.69, 9.17) is 11.6 Å². The Morgan fingerprint density at radius 1 is 1.10 bits per heavy atom. The van der Waals surface area contributed by atoms with E-state index in [9.17, 15) is 9.59 Å². The average molecular weight is 422 g/mol. The van der Waals surface area contributed by atoms with Crippen molar-refractivity contribution in [3.8, 4) is 0 Å². The first-order valence-corrected chi connectivity index (χ1v) is 10.8. The Kier molecular flexibility index (Phi) is 4.58. The van der Waals surface area contributed by atoms with Crippen molar-refractivity contribution < 1.29 is 9.59 Å². The highest BCUT2D eigenvalue weighted by Crippen LogP contribution is 2.42. The molecule has 0 spiro atoms. The molecule has 1 aromatic heterocycles. The molecule has 3 heterocycles. The van der Waals surface area contributed by atoms with Crippen LogP contribution in [0.3, 0.4) is 0 Å². The van der Waals surface area contributed by atoms with E-state index in [1.807, 2.05) is 42.5 Å². The fourth-order valence-corrected chi connectivity index (χ4v) is 5.04. The average Bonchev–Trinajstić information content (AvgIpc) is 3.09. The van der Waals surface area contributed by atoms with Gasteiger partial charge in [-0.25, -0.2) is 0 Å². The topological polar surface area (TPSA) is 56.4 Å². The van der Waals surface area contributed by atoms with Crippen LogP contribution in [-0.4, -0.2) is 45.7 Å². The van der Waals surface area contributed by atoms with Gasteiger partial charge in [-0.15, -0.1) is 0 Å². The van der Waals surface area contributed by atoms with Gasteiger partial charge in [-0.3, -0.25) is 9.59 Å². The van der Waals surface area contributed by atoms with Gasteiger partial charge >= 0.3 is 0 Å². The van der Waals surface area contributed by atoms with Crippen LogP contribution >= 0.6 is 11.6 Å². The Morgan fingerprint density at radius 2 is 1.83 bits per heavy atom. The summed E-state index contributed by atoms with van der Waals surface area (Å²) in [6, 6.07) is 14.9. The number of amides is 2. The summed E-state index contributed by atoms with van der Waals surface area (Å²) in [5, 5.41) is 1.76. The fourth-order valence-electron chi connectivity index (χ4n) is 4.91. The van der Waals surface area contributed by atoms with Gasteiger partial charge in [-0.05, 0) is 35.2 Å². The number of hydrogen-bond donors (Lipinski definition) is 1. The molecule has 5 rings (SSSR count). The molecule has 6 heteroatoms. The van der Waals surface area contributed by atoms with Crippen molar-refractivity contribution in [2.45, 2.75) is 32.4 Å². The van der Waals surface area contributed by atoms with E-state index in [1.165, 1.54) is 0 Å². The van der Waals surface area contributed by atoms with Gasteiger partial charge in [0.1, 0.15) is 6.04 Å². The smallest absolute Gasteiger partial charge is 0.246 e. The molecule has 2 aliphatic rings. The molecule has 2 aromatic carbocycles. The van der Waals surface area contributed by atoms with Crippen molar-refractivity contribution in [1.82, 2.24) is 14.8 Å². The minimum atomic E-state index is -0.489. The molecule has 3 aromatic rings. The van der Waals surface area contributed by atoms with E-state index in [2.05, 4.69) is 24.9 Å². The molecule has 1 saturated heterocycles. The molecule has 1 fully saturated rings. The molecule has 0 aliphatic carbocycles. The zero-order valence-electron chi connectivity index (χ0n) is 17.1. The van der Waals surface area contributed by atoms with Crippen molar-refractivity contribution >= 4 is 34.3 Å². The second-order valence-electron chi connectivity index (χ2n) is 8.65. The molecule has 1 N–H and O–H groups in total. The minimum Gasteiger partial charge on any atom is -0.356 e. The number of hydrogen-bond acceptors (Lipinski definition) is 2. The van der Waals surface area contributed by atoms with Gasteiger partial charge in [0.05, 0.1) is 12.6 Å². The number of fused-ring (bicyclic) bond motifs is 4. The van der Waals surface area contributed by atoms with Crippen molar-refractivity contribution in [1.29, 1.82) is 0 Å². The van der Waals surface area contributed by atoms with Gasteiger partial charge in [-0.2, -0.15) is 0 Å². The lowest BCUT2D eigenvalue weighted by Gasteiger charge is -2.47. The van der Waals surface area contributed by atoms with Crippen LogP contribution in [0.2, 0.25) is 5.02 Å². The summed E-state index contributed by atoms with van der Waals surface area (Å²) >= 11 is 6.12. The van der Waals surface area contributed by atoms with Crippen molar-refractivity contribution in [3.05, 3.63) is 70.4 Å². The number of aromatic amines is 1. The van der Waals surface area contributed by atoms with E-state index in [0.717, 1.165) is 27.7 Å². The summed E-state index contributed by atoms with van der Waals surface area (Å²) in [5.41, 5.74) is 4.10. The molecular weight excluding hydrogens is 398 g/mol. The fraction of sp³-hybridized carbons (Fsp3) is 0.333. The minimum absolute atomic E-state index is 0.00972. The lowest BCUT2D eigenvalue weighted by atomic mass is 9.86.